The van der Waals surface area contributed by atoms with Crippen LogP contribution in [-0.2, 0) is 24.1 Å². The van der Waals surface area contributed by atoms with E-state index in [1.165, 1.54) is 0 Å². The number of rotatable bonds is 5. The van der Waals surface area contributed by atoms with Crippen LogP contribution in [0.3, 0.4) is 0 Å². The van der Waals surface area contributed by atoms with Gasteiger partial charge in [-0.25, -0.2) is 0 Å². The summed E-state index contributed by atoms with van der Waals surface area (Å²) in [5.41, 5.74) is 7.08. The maximum absolute atomic E-state index is 12.7. The monoisotopic (exact) mass is 366 g/mol. The predicted molar refractivity (Wildman–Crippen MR) is 87.7 cm³/mol. The number of nitrogens with zero attached hydrogens (tertiary/aromatic N) is 4. The molecule has 1 saturated heterocycles. The van der Waals surface area contributed by atoms with E-state index >= 15 is 0 Å². The Morgan fingerprint density at radius 2 is 1.96 bits per heavy atom. The van der Waals surface area contributed by atoms with E-state index < -0.39 is 17.9 Å². The molecule has 10 heteroatoms. The van der Waals surface area contributed by atoms with Gasteiger partial charge in [0.2, 0.25) is 23.6 Å². The second-order valence-corrected chi connectivity index (χ2v) is 5.93. The molecule has 0 unspecified atom stereocenters. The molecule has 2 aromatic rings. The lowest BCUT2D eigenvalue weighted by molar-refractivity contribution is -0.144. The van der Waals surface area contributed by atoms with E-state index in [0.29, 0.717) is 13.0 Å². The van der Waals surface area contributed by atoms with Crippen molar-refractivity contribution in [2.45, 2.75) is 32.1 Å². The Kier molecular flexibility index (Phi) is 4.92. The van der Waals surface area contributed by atoms with Crippen LogP contribution in [0.5, 0.6) is 0 Å². The predicted octanol–water partition coefficient (Wildman–Crippen LogP) is 2.21. The summed E-state index contributed by atoms with van der Waals surface area (Å²) in [6, 6.07) is 7.43. The highest BCUT2D eigenvalue weighted by atomic mass is 19.4. The summed E-state index contributed by atoms with van der Waals surface area (Å²) in [5, 5.41) is 2.72. The molecule has 0 radical (unpaired) electrons. The number of nitrogens with one attached hydrogen (secondary N) is 1. The lowest BCUT2D eigenvalue weighted by Gasteiger charge is -2.16. The number of anilines is 2. The second-order valence-electron chi connectivity index (χ2n) is 5.93. The molecule has 0 saturated carbocycles. The standard InChI is InChI=1S/C16H17F3N6O/c17-16(18,19)13-22-14(20)24-15(23-13)21-8-10-3-1-4-11(7-10)9-25-6-2-5-12(25)26/h1,3-4,7H,2,5-6,8-9H2,(H3,20,21,22,23,24). The minimum absolute atomic E-state index is 0.133. The van der Waals surface area contributed by atoms with Crippen LogP contribution in [0, 0.1) is 0 Å². The van der Waals surface area contributed by atoms with Gasteiger partial charge in [0, 0.05) is 26.1 Å². The van der Waals surface area contributed by atoms with Gasteiger partial charge in [-0.3, -0.25) is 4.79 Å². The van der Waals surface area contributed by atoms with Crippen molar-refractivity contribution in [3.63, 3.8) is 0 Å². The smallest absolute Gasteiger partial charge is 0.368 e. The topological polar surface area (TPSA) is 97.0 Å². The summed E-state index contributed by atoms with van der Waals surface area (Å²) in [7, 11) is 0. The second kappa shape index (κ2) is 7.14. The van der Waals surface area contributed by atoms with Crippen molar-refractivity contribution < 1.29 is 18.0 Å². The van der Waals surface area contributed by atoms with Crippen molar-refractivity contribution >= 4 is 17.8 Å². The molecule has 1 fully saturated rings. The van der Waals surface area contributed by atoms with Gasteiger partial charge in [0.15, 0.2) is 0 Å². The van der Waals surface area contributed by atoms with Crippen LogP contribution in [0.2, 0.25) is 0 Å². The number of amides is 1. The first-order chi connectivity index (χ1) is 12.3. The van der Waals surface area contributed by atoms with Crippen molar-refractivity contribution in [2.24, 2.45) is 0 Å². The highest BCUT2D eigenvalue weighted by Gasteiger charge is 2.35. The fourth-order valence-corrected chi connectivity index (χ4v) is 2.71. The van der Waals surface area contributed by atoms with E-state index in [9.17, 15) is 18.0 Å². The van der Waals surface area contributed by atoms with Gasteiger partial charge in [-0.1, -0.05) is 24.3 Å². The number of alkyl halides is 3. The quantitative estimate of drug-likeness (QED) is 0.842. The van der Waals surface area contributed by atoms with E-state index in [1.54, 1.807) is 4.90 Å². The molecular weight excluding hydrogens is 349 g/mol. The zero-order chi connectivity index (χ0) is 18.7. The molecule has 0 aliphatic carbocycles. The lowest BCUT2D eigenvalue weighted by Crippen LogP contribution is -2.23. The van der Waals surface area contributed by atoms with Gasteiger partial charge < -0.3 is 16.0 Å². The molecule has 26 heavy (non-hydrogen) atoms. The first kappa shape index (κ1) is 17.9. The molecule has 1 aromatic heterocycles. The first-order valence-electron chi connectivity index (χ1n) is 7.99. The van der Waals surface area contributed by atoms with Crippen LogP contribution in [0.4, 0.5) is 25.1 Å². The van der Waals surface area contributed by atoms with E-state index in [1.807, 2.05) is 24.3 Å². The van der Waals surface area contributed by atoms with E-state index in [2.05, 4.69) is 20.3 Å². The zero-order valence-corrected chi connectivity index (χ0v) is 13.8. The van der Waals surface area contributed by atoms with Crippen LogP contribution >= 0.6 is 0 Å². The number of hydrogen-bond acceptors (Lipinski definition) is 6. The molecule has 1 aliphatic heterocycles. The Balaban J connectivity index is 1.67. The van der Waals surface area contributed by atoms with Crippen molar-refractivity contribution in [2.75, 3.05) is 17.6 Å². The maximum Gasteiger partial charge on any atom is 0.451 e. The number of halogens is 3. The highest BCUT2D eigenvalue weighted by Crippen LogP contribution is 2.26. The number of nitrogen functional groups attached to an aromatic ring is 1. The van der Waals surface area contributed by atoms with Gasteiger partial charge >= 0.3 is 6.18 Å². The van der Waals surface area contributed by atoms with Gasteiger partial charge in [-0.2, -0.15) is 28.1 Å². The molecule has 3 N–H and O–H groups in total. The molecule has 0 spiro atoms. The molecule has 3 rings (SSSR count). The number of nitrogens with two attached hydrogens (primary N) is 1. The number of aromatic nitrogens is 3. The summed E-state index contributed by atoms with van der Waals surface area (Å²) in [6.45, 7) is 1.47. The van der Waals surface area contributed by atoms with Crippen molar-refractivity contribution in [3.05, 3.63) is 41.2 Å². The summed E-state index contributed by atoms with van der Waals surface area (Å²) in [5.74, 6) is -1.95. The molecule has 138 valence electrons. The summed E-state index contributed by atoms with van der Waals surface area (Å²) >= 11 is 0. The van der Waals surface area contributed by atoms with E-state index in [-0.39, 0.29) is 18.4 Å². The average molecular weight is 366 g/mol. The number of benzene rings is 1. The number of hydrogen-bond donors (Lipinski definition) is 2. The Bertz CT molecular complexity index is 811. The minimum atomic E-state index is -4.70. The van der Waals surface area contributed by atoms with Gasteiger partial charge in [0.25, 0.3) is 0 Å². The fraction of sp³-hybridized carbons (Fsp3) is 0.375. The summed E-state index contributed by atoms with van der Waals surface area (Å²) in [4.78, 5) is 23.6. The van der Waals surface area contributed by atoms with Crippen LogP contribution in [0.1, 0.15) is 29.8 Å². The average Bonchev–Trinajstić information content (AvgIpc) is 2.97. The Morgan fingerprint density at radius 3 is 2.65 bits per heavy atom. The summed E-state index contributed by atoms with van der Waals surface area (Å²) < 4.78 is 38.2. The third kappa shape index (κ3) is 4.38. The lowest BCUT2D eigenvalue weighted by atomic mass is 10.1. The number of carbonyl (C=O) groups excluding carboxylic acids is 1. The van der Waals surface area contributed by atoms with E-state index in [0.717, 1.165) is 24.1 Å². The largest absolute Gasteiger partial charge is 0.451 e. The normalized spacial score (nSPS) is 14.7. The summed E-state index contributed by atoms with van der Waals surface area (Å²) in [6.07, 6.45) is -3.26. The molecule has 7 nitrogen and oxygen atoms in total. The Morgan fingerprint density at radius 1 is 1.19 bits per heavy atom. The van der Waals surface area contributed by atoms with Gasteiger partial charge in [-0.05, 0) is 17.5 Å². The number of carbonyl (C=O) groups is 1. The van der Waals surface area contributed by atoms with Crippen molar-refractivity contribution in [1.29, 1.82) is 0 Å². The van der Waals surface area contributed by atoms with Crippen LogP contribution in [0.25, 0.3) is 0 Å². The highest BCUT2D eigenvalue weighted by molar-refractivity contribution is 5.78. The Hall–Kier alpha value is -2.91. The molecule has 0 bridgehead atoms. The van der Waals surface area contributed by atoms with Crippen LogP contribution in [0.15, 0.2) is 24.3 Å². The maximum atomic E-state index is 12.7. The molecule has 1 aromatic carbocycles. The van der Waals surface area contributed by atoms with E-state index in [4.69, 9.17) is 5.73 Å². The molecule has 2 heterocycles. The zero-order valence-electron chi connectivity index (χ0n) is 13.8. The SMILES string of the molecule is Nc1nc(NCc2cccc(CN3CCCC3=O)c2)nc(C(F)(F)F)n1. The molecule has 1 aliphatic rings. The third-order valence-electron chi connectivity index (χ3n) is 3.89. The Labute approximate surface area is 147 Å². The van der Waals surface area contributed by atoms with Gasteiger partial charge in [-0.15, -0.1) is 0 Å². The van der Waals surface area contributed by atoms with Crippen molar-refractivity contribution in [1.82, 2.24) is 19.9 Å². The molecule has 0 atom stereocenters. The molecular formula is C16H17F3N6O. The third-order valence-corrected chi connectivity index (χ3v) is 3.89. The number of likely N-dealkylation sites (tertiary alicyclic amines) is 1. The van der Waals surface area contributed by atoms with Gasteiger partial charge in [0.05, 0.1) is 0 Å². The minimum Gasteiger partial charge on any atom is -0.368 e. The van der Waals surface area contributed by atoms with Crippen molar-refractivity contribution in [3.8, 4) is 0 Å². The van der Waals surface area contributed by atoms with Gasteiger partial charge in [0.1, 0.15) is 0 Å². The fourth-order valence-electron chi connectivity index (χ4n) is 2.71. The first-order valence-corrected chi connectivity index (χ1v) is 7.99. The van der Waals surface area contributed by atoms with Crippen LogP contribution < -0.4 is 11.1 Å². The van der Waals surface area contributed by atoms with Crippen LogP contribution in [-0.4, -0.2) is 32.3 Å². The molecule has 1 amide bonds.